The quantitative estimate of drug-likeness (QED) is 0.806. The molecular weight excluding hydrogens is 385 g/mol. The van der Waals surface area contributed by atoms with Crippen molar-refractivity contribution < 1.29 is 9.50 Å². The van der Waals surface area contributed by atoms with Crippen LogP contribution in [0, 0.1) is 11.2 Å². The summed E-state index contributed by atoms with van der Waals surface area (Å²) < 4.78 is 15.0. The molecule has 4 nitrogen and oxygen atoms in total. The maximum absolute atomic E-state index is 14.3. The number of nitrogens with zero attached hydrogens (tertiary/aromatic N) is 3. The molecule has 1 aromatic heterocycles. The molecule has 4 rings (SSSR count). The molecule has 138 valence electrons. The van der Waals surface area contributed by atoms with Crippen molar-refractivity contribution in [1.29, 1.82) is 0 Å². The van der Waals surface area contributed by atoms with E-state index in [1.54, 1.807) is 6.20 Å². The molecule has 0 radical (unpaired) electrons. The fraction of sp³-hybridized carbons (Fsp3) is 0.737. The van der Waals surface area contributed by atoms with Gasteiger partial charge in [-0.2, -0.15) is 0 Å². The van der Waals surface area contributed by atoms with E-state index >= 15 is 0 Å². The number of aromatic nitrogens is 1. The molecule has 1 aliphatic carbocycles. The van der Waals surface area contributed by atoms with Crippen LogP contribution >= 0.6 is 15.9 Å². The molecule has 0 aromatic carbocycles. The van der Waals surface area contributed by atoms with Crippen molar-refractivity contribution in [2.45, 2.75) is 57.1 Å². The number of hydrogen-bond donors (Lipinski definition) is 1. The van der Waals surface area contributed by atoms with Crippen LogP contribution < -0.4 is 4.90 Å². The lowest BCUT2D eigenvalue weighted by Gasteiger charge is -2.42. The Labute approximate surface area is 157 Å². The Balaban J connectivity index is 1.44. The second-order valence-electron chi connectivity index (χ2n) is 8.17. The van der Waals surface area contributed by atoms with Gasteiger partial charge in [-0.25, -0.2) is 9.37 Å². The number of halogens is 2. The lowest BCUT2D eigenvalue weighted by Crippen LogP contribution is -2.47. The molecule has 0 unspecified atom stereocenters. The summed E-state index contributed by atoms with van der Waals surface area (Å²) >= 11 is 3.29. The van der Waals surface area contributed by atoms with Gasteiger partial charge in [0.05, 0.1) is 6.10 Å². The molecule has 1 aromatic rings. The lowest BCUT2D eigenvalue weighted by atomic mass is 9.79. The van der Waals surface area contributed by atoms with Crippen LogP contribution in [-0.4, -0.2) is 53.3 Å². The predicted molar refractivity (Wildman–Crippen MR) is 100 cm³/mol. The minimum Gasteiger partial charge on any atom is -0.393 e. The van der Waals surface area contributed by atoms with E-state index in [1.165, 1.54) is 18.9 Å². The molecular formula is C19H27BrFN3O. The zero-order valence-electron chi connectivity index (χ0n) is 14.6. The van der Waals surface area contributed by atoms with Crippen molar-refractivity contribution >= 4 is 21.7 Å². The highest BCUT2D eigenvalue weighted by molar-refractivity contribution is 9.10. The minimum atomic E-state index is -0.234. The van der Waals surface area contributed by atoms with Crippen molar-refractivity contribution in [3.63, 3.8) is 0 Å². The van der Waals surface area contributed by atoms with Crippen molar-refractivity contribution in [2.75, 3.05) is 31.1 Å². The van der Waals surface area contributed by atoms with Crippen LogP contribution in [-0.2, 0) is 0 Å². The fourth-order valence-electron chi connectivity index (χ4n) is 5.07. The highest BCUT2D eigenvalue weighted by atomic mass is 79.9. The van der Waals surface area contributed by atoms with Crippen LogP contribution in [0.25, 0.3) is 0 Å². The number of piperidine rings is 1. The maximum atomic E-state index is 14.3. The molecule has 25 heavy (non-hydrogen) atoms. The molecule has 3 aliphatic rings. The number of anilines is 1. The average molecular weight is 412 g/mol. The maximum Gasteiger partial charge on any atom is 0.166 e. The van der Waals surface area contributed by atoms with E-state index in [0.29, 0.717) is 16.3 Å². The highest BCUT2D eigenvalue weighted by Gasteiger charge is 2.44. The van der Waals surface area contributed by atoms with Gasteiger partial charge in [-0.3, -0.25) is 4.90 Å². The van der Waals surface area contributed by atoms with E-state index in [9.17, 15) is 9.50 Å². The van der Waals surface area contributed by atoms with Crippen LogP contribution in [0.3, 0.4) is 0 Å². The first-order valence-corrected chi connectivity index (χ1v) is 10.3. The van der Waals surface area contributed by atoms with E-state index in [2.05, 4.69) is 30.7 Å². The predicted octanol–water partition coefficient (Wildman–Crippen LogP) is 3.58. The third-order valence-electron chi connectivity index (χ3n) is 6.40. The van der Waals surface area contributed by atoms with Crippen LogP contribution in [0.4, 0.5) is 10.2 Å². The summed E-state index contributed by atoms with van der Waals surface area (Å²) in [4.78, 5) is 9.13. The molecule has 1 atom stereocenters. The molecule has 1 saturated carbocycles. The van der Waals surface area contributed by atoms with Gasteiger partial charge >= 0.3 is 0 Å². The van der Waals surface area contributed by atoms with Gasteiger partial charge in [0, 0.05) is 41.8 Å². The first kappa shape index (κ1) is 17.7. The summed E-state index contributed by atoms with van der Waals surface area (Å²) in [7, 11) is 0. The monoisotopic (exact) mass is 411 g/mol. The molecule has 1 spiro atoms. The van der Waals surface area contributed by atoms with E-state index < -0.39 is 0 Å². The number of aliphatic hydroxyl groups excluding tert-OH is 1. The standard InChI is InChI=1S/C19H27BrFN3O/c20-14-10-17(21)18(22-11-14)24-8-1-6-19(13-24)7-9-23(12-19)15-2-4-16(25)5-3-15/h10-11,15-16,25H,1-9,12-13H2/t15-,16+,19-/m1/s1. The summed E-state index contributed by atoms with van der Waals surface area (Å²) in [5.74, 6) is 0.268. The Morgan fingerprint density at radius 1 is 1.16 bits per heavy atom. The fourth-order valence-corrected chi connectivity index (χ4v) is 5.37. The highest BCUT2D eigenvalue weighted by Crippen LogP contribution is 2.42. The number of rotatable bonds is 2. The van der Waals surface area contributed by atoms with Gasteiger partial charge in [-0.1, -0.05) is 0 Å². The molecule has 0 bridgehead atoms. The SMILES string of the molecule is O[C@H]1CC[C@@H](N2CC[C@]3(CCCN(c4ncc(Br)cc4F)C3)C2)CC1. The third-order valence-corrected chi connectivity index (χ3v) is 6.83. The third kappa shape index (κ3) is 3.71. The number of hydrogen-bond acceptors (Lipinski definition) is 4. The van der Waals surface area contributed by atoms with Crippen molar-refractivity contribution in [3.8, 4) is 0 Å². The summed E-state index contributed by atoms with van der Waals surface area (Å²) in [6.07, 6.45) is 9.23. The molecule has 0 amide bonds. The van der Waals surface area contributed by atoms with Gasteiger partial charge in [0.15, 0.2) is 11.6 Å². The molecule has 3 fully saturated rings. The zero-order chi connectivity index (χ0) is 17.4. The number of aliphatic hydroxyl groups is 1. The van der Waals surface area contributed by atoms with Gasteiger partial charge in [0.2, 0.25) is 0 Å². The smallest absolute Gasteiger partial charge is 0.166 e. The largest absolute Gasteiger partial charge is 0.393 e. The zero-order valence-corrected chi connectivity index (χ0v) is 16.2. The van der Waals surface area contributed by atoms with E-state index in [0.717, 1.165) is 58.3 Å². The van der Waals surface area contributed by atoms with Crippen LogP contribution in [0.15, 0.2) is 16.7 Å². The van der Waals surface area contributed by atoms with Gasteiger partial charge in [-0.05, 0) is 73.5 Å². The lowest BCUT2D eigenvalue weighted by molar-refractivity contribution is 0.0770. The average Bonchev–Trinajstić information content (AvgIpc) is 2.99. The first-order chi connectivity index (χ1) is 12.0. The summed E-state index contributed by atoms with van der Waals surface area (Å²) in [6, 6.07) is 2.14. The Morgan fingerprint density at radius 3 is 2.72 bits per heavy atom. The topological polar surface area (TPSA) is 39.6 Å². The molecule has 3 heterocycles. The van der Waals surface area contributed by atoms with Crippen molar-refractivity contribution in [1.82, 2.24) is 9.88 Å². The normalized spacial score (nSPS) is 34.0. The van der Waals surface area contributed by atoms with Crippen LogP contribution in [0.1, 0.15) is 44.9 Å². The van der Waals surface area contributed by atoms with E-state index in [4.69, 9.17) is 0 Å². The second kappa shape index (κ2) is 7.12. The first-order valence-electron chi connectivity index (χ1n) is 9.53. The Kier molecular flexibility index (Phi) is 5.04. The van der Waals surface area contributed by atoms with E-state index in [-0.39, 0.29) is 17.3 Å². The Hall–Kier alpha value is -0.720. The van der Waals surface area contributed by atoms with Crippen LogP contribution in [0.5, 0.6) is 0 Å². The summed E-state index contributed by atoms with van der Waals surface area (Å²) in [5, 5.41) is 9.75. The Bertz CT molecular complexity index is 623. The van der Waals surface area contributed by atoms with Gasteiger partial charge < -0.3 is 10.0 Å². The Morgan fingerprint density at radius 2 is 1.96 bits per heavy atom. The summed E-state index contributed by atoms with van der Waals surface area (Å²) in [6.45, 7) is 4.06. The van der Waals surface area contributed by atoms with Crippen molar-refractivity contribution in [3.05, 3.63) is 22.6 Å². The minimum absolute atomic E-state index is 0.0931. The van der Waals surface area contributed by atoms with E-state index in [1.807, 2.05) is 0 Å². The molecule has 1 N–H and O–H groups in total. The van der Waals surface area contributed by atoms with Gasteiger partial charge in [0.25, 0.3) is 0 Å². The van der Waals surface area contributed by atoms with Gasteiger partial charge in [-0.15, -0.1) is 0 Å². The number of likely N-dealkylation sites (tertiary alicyclic amines) is 1. The molecule has 2 saturated heterocycles. The summed E-state index contributed by atoms with van der Waals surface area (Å²) in [5.41, 5.74) is 0.273. The second-order valence-corrected chi connectivity index (χ2v) is 9.08. The molecule has 2 aliphatic heterocycles. The van der Waals surface area contributed by atoms with Crippen LogP contribution in [0.2, 0.25) is 0 Å². The van der Waals surface area contributed by atoms with Gasteiger partial charge in [0.1, 0.15) is 0 Å². The molecule has 6 heteroatoms. The van der Waals surface area contributed by atoms with Crippen molar-refractivity contribution in [2.24, 2.45) is 5.41 Å². The number of pyridine rings is 1.